The molecular weight excluding hydrogens is 1500 g/mol. The van der Waals surface area contributed by atoms with E-state index in [1.807, 2.05) is 42.5 Å². The van der Waals surface area contributed by atoms with Gasteiger partial charge in [0.2, 0.25) is 11.8 Å². The molecule has 116 heavy (non-hydrogen) atoms. The van der Waals surface area contributed by atoms with E-state index >= 15 is 0 Å². The molecule has 17 aromatic rings. The van der Waals surface area contributed by atoms with E-state index in [-0.39, 0.29) is 57.9 Å². The molecule has 22 nitrogen and oxygen atoms in total. The van der Waals surface area contributed by atoms with Crippen molar-refractivity contribution in [1.29, 1.82) is 0 Å². The molecule has 0 atom stereocenters. The first-order valence-electron chi connectivity index (χ1n) is 36.4. The highest BCUT2D eigenvalue weighted by Gasteiger charge is 2.22. The van der Waals surface area contributed by atoms with Gasteiger partial charge in [-0.1, -0.05) is 85.3 Å². The first kappa shape index (κ1) is 76.6. The lowest BCUT2D eigenvalue weighted by atomic mass is 10.0. The summed E-state index contributed by atoms with van der Waals surface area (Å²) in [7, 11) is 0. The Hall–Kier alpha value is -14.8. The van der Waals surface area contributed by atoms with Crippen LogP contribution < -0.4 is 0 Å². The van der Waals surface area contributed by atoms with Gasteiger partial charge in [-0.2, -0.15) is 45.5 Å². The van der Waals surface area contributed by atoms with Crippen molar-refractivity contribution in [3.8, 4) is 45.0 Å². The largest absolute Gasteiger partial charge is 0.296 e. The number of carbonyl (C=O) groups is 2. The maximum Gasteiger partial charge on any atom is 0.244 e. The molecule has 0 aliphatic carbocycles. The van der Waals surface area contributed by atoms with Gasteiger partial charge in [-0.05, 0) is 157 Å². The van der Waals surface area contributed by atoms with E-state index in [2.05, 4.69) is 91.2 Å². The zero-order valence-electron chi connectivity index (χ0n) is 61.6. The molecular formula is C86H66F8N20O2. The molecule has 1 fully saturated rings. The van der Waals surface area contributed by atoms with Gasteiger partial charge in [0, 0.05) is 113 Å². The van der Waals surface area contributed by atoms with Crippen LogP contribution in [0, 0.1) is 46.5 Å². The average molecular weight is 1560 g/mol. The van der Waals surface area contributed by atoms with Gasteiger partial charge >= 0.3 is 0 Å². The van der Waals surface area contributed by atoms with E-state index < -0.39 is 17.5 Å². The molecule has 0 bridgehead atoms. The lowest BCUT2D eigenvalue weighted by Gasteiger charge is -2.24. The number of H-pyrrole nitrogens is 6. The van der Waals surface area contributed by atoms with Crippen molar-refractivity contribution in [3.05, 3.63) is 304 Å². The van der Waals surface area contributed by atoms with Crippen molar-refractivity contribution in [2.24, 2.45) is 0 Å². The van der Waals surface area contributed by atoms with Crippen molar-refractivity contribution in [1.82, 2.24) is 101 Å². The molecule has 8 aromatic carbocycles. The van der Waals surface area contributed by atoms with Gasteiger partial charge in [0.15, 0.2) is 11.6 Å². The highest BCUT2D eigenvalue weighted by atomic mass is 19.2. The SMILES string of the molecule is CC(=O)n1cc(-c2cc3c(/C=C/c4ccc(F)cc4)nn(C(C)=O)c3cc2F)cn1.Fc1ccc(/C=C/c2n[nH]c3cc(F)c(-c4cn[nH]c4)cc23)cc1.Fc1ccc(/C=C/c2n[nH]c3cc(F)c(-c4n[nH]c(CN5CCCCC5)n4)cc23)cc1.Fc1ccc(/C=C/c2n[nH]c3cc(F)c(-c4n[nH]c(Cc5cccnc5)n4)cc23)cc1. The van der Waals surface area contributed by atoms with Gasteiger partial charge in [0.05, 0.1) is 74.9 Å². The minimum absolute atomic E-state index is 0.231. The zero-order chi connectivity index (χ0) is 80.3. The number of nitrogens with zero attached hydrogens (tertiary/aromatic N) is 14. The molecule has 0 unspecified atom stereocenters. The van der Waals surface area contributed by atoms with Gasteiger partial charge in [0.1, 0.15) is 58.2 Å². The van der Waals surface area contributed by atoms with Crippen LogP contribution in [0.3, 0.4) is 0 Å². The third kappa shape index (κ3) is 18.0. The van der Waals surface area contributed by atoms with E-state index in [1.54, 1.807) is 116 Å². The molecule has 9 aromatic heterocycles. The van der Waals surface area contributed by atoms with Gasteiger partial charge in [0.25, 0.3) is 0 Å². The number of hydrogen-bond acceptors (Lipinski definition) is 14. The number of halogens is 8. The number of benzene rings is 8. The second-order valence-corrected chi connectivity index (χ2v) is 26.9. The Morgan fingerprint density at radius 1 is 0.440 bits per heavy atom. The number of nitrogens with one attached hydrogen (secondary N) is 6. The normalized spacial score (nSPS) is 12.5. The topological polar surface area (TPSA) is 284 Å². The fraction of sp³-hybridized carbons (Fsp3) is 0.105. The Bertz CT molecular complexity index is 6490. The van der Waals surface area contributed by atoms with E-state index in [1.165, 1.54) is 118 Å². The Morgan fingerprint density at radius 2 is 0.888 bits per heavy atom. The summed E-state index contributed by atoms with van der Waals surface area (Å²) in [5, 5.41) is 53.1. The Balaban J connectivity index is 0.000000122. The number of hydrogen-bond donors (Lipinski definition) is 6. The van der Waals surface area contributed by atoms with Crippen LogP contribution in [0.1, 0.15) is 105 Å². The van der Waals surface area contributed by atoms with Crippen molar-refractivity contribution >= 4 is 104 Å². The van der Waals surface area contributed by atoms with E-state index in [0.717, 1.165) is 72.3 Å². The van der Waals surface area contributed by atoms with E-state index in [0.29, 0.717) is 97.1 Å². The summed E-state index contributed by atoms with van der Waals surface area (Å²) in [6, 6.07) is 40.3. The summed E-state index contributed by atoms with van der Waals surface area (Å²) >= 11 is 0. The Labute approximate surface area is 654 Å². The lowest BCUT2D eigenvalue weighted by Crippen LogP contribution is -2.29. The summed E-state index contributed by atoms with van der Waals surface area (Å²) in [4.78, 5) is 38.9. The lowest BCUT2D eigenvalue weighted by molar-refractivity contribution is 0.0915. The number of carbonyl (C=O) groups excluding carboxylic acids is 2. The molecule has 0 saturated carbocycles. The minimum atomic E-state index is -0.568. The zero-order valence-corrected chi connectivity index (χ0v) is 61.6. The first-order chi connectivity index (χ1) is 56.3. The van der Waals surface area contributed by atoms with Gasteiger partial charge in [-0.25, -0.2) is 49.8 Å². The molecule has 10 heterocycles. The molecule has 1 saturated heterocycles. The standard InChI is InChI=1S/C23H16F2N6.C23H22F2N6.C22H16F2N4O2.C18H12F2N4/c24-16-6-3-14(4-7-16)5-8-20-18-11-17(19(25)12-21(18)29-28-20)23-27-22(30-31-23)10-15-2-1-9-26-13-15;24-16-7-4-15(5-8-16)6-9-20-18-12-17(19(25)13-21(18)28-27-20)23-26-22(29-30-23)14-31-10-2-1-3-11-31;1-13(29)27-12-16(11-25-27)18-9-19-21(8-5-15-3-6-17(23)7-4-15)26-28(14(2)30)22(19)10-20(18)24;19-13-4-1-11(2-5-13)3-6-17-15-7-14(12-9-21-22-10-12)16(20)8-18(15)24-23-17/h1-9,11-13H,10H2,(H,28,29)(H,27,30,31);4-9,12-13H,1-3,10-11,14H2,(H,27,28)(H,26,29,30);3-12H,1-2H3;1-10H,(H,21,22)(H,23,24)/b8-5+;9-6+;8-5+;6-3+. The molecule has 578 valence electrons. The molecule has 0 radical (unpaired) electrons. The number of likely N-dealkylation sites (tertiary alicyclic amines) is 1. The predicted octanol–water partition coefficient (Wildman–Crippen LogP) is 18.6. The number of rotatable bonds is 16. The summed E-state index contributed by atoms with van der Waals surface area (Å²) in [5.74, 6) is -1.67. The molecule has 0 spiro atoms. The van der Waals surface area contributed by atoms with Crippen LogP contribution in [0.4, 0.5) is 35.1 Å². The van der Waals surface area contributed by atoms with Gasteiger partial charge in [-0.15, -0.1) is 0 Å². The van der Waals surface area contributed by atoms with Crippen molar-refractivity contribution in [2.45, 2.75) is 46.1 Å². The summed E-state index contributed by atoms with van der Waals surface area (Å²) in [5.41, 5.74) is 11.1. The van der Waals surface area contributed by atoms with Gasteiger partial charge in [-0.3, -0.25) is 50.1 Å². The predicted molar refractivity (Wildman–Crippen MR) is 427 cm³/mol. The van der Waals surface area contributed by atoms with Crippen molar-refractivity contribution < 1.29 is 44.7 Å². The first-order valence-corrected chi connectivity index (χ1v) is 36.4. The second-order valence-electron chi connectivity index (χ2n) is 26.9. The second kappa shape index (κ2) is 34.4. The molecule has 30 heteroatoms. The van der Waals surface area contributed by atoms with Crippen molar-refractivity contribution in [2.75, 3.05) is 13.1 Å². The van der Waals surface area contributed by atoms with Crippen LogP contribution in [-0.2, 0) is 13.0 Å². The van der Waals surface area contributed by atoms with Crippen LogP contribution in [0.2, 0.25) is 0 Å². The summed E-state index contributed by atoms with van der Waals surface area (Å²) in [6.07, 6.45) is 28.0. The fourth-order valence-corrected chi connectivity index (χ4v) is 12.9. The maximum atomic E-state index is 14.8. The van der Waals surface area contributed by atoms with Crippen LogP contribution in [-0.4, -0.2) is 126 Å². The third-order valence-electron chi connectivity index (χ3n) is 18.8. The molecule has 18 rings (SSSR count). The quantitative estimate of drug-likeness (QED) is 0.0491. The Kier molecular flexibility index (Phi) is 22.7. The highest BCUT2D eigenvalue weighted by molar-refractivity contribution is 5.99. The summed E-state index contributed by atoms with van der Waals surface area (Å²) < 4.78 is 113. The number of aromatic nitrogens is 19. The average Bonchev–Trinajstić information content (AvgIpc) is 1.61. The van der Waals surface area contributed by atoms with Crippen LogP contribution >= 0.6 is 0 Å². The van der Waals surface area contributed by atoms with Gasteiger partial charge < -0.3 is 0 Å². The van der Waals surface area contributed by atoms with Crippen LogP contribution in [0.25, 0.3) is 137 Å². The molecule has 1 aliphatic rings. The summed E-state index contributed by atoms with van der Waals surface area (Å²) in [6.45, 7) is 5.48. The smallest absolute Gasteiger partial charge is 0.244 e. The van der Waals surface area contributed by atoms with E-state index in [9.17, 15) is 44.7 Å². The third-order valence-corrected chi connectivity index (χ3v) is 18.8. The maximum absolute atomic E-state index is 14.8. The fourth-order valence-electron chi connectivity index (χ4n) is 12.9. The molecule has 0 amide bonds. The molecule has 1 aliphatic heterocycles. The monoisotopic (exact) mass is 1560 g/mol. The Morgan fingerprint density at radius 3 is 1.34 bits per heavy atom. The number of pyridine rings is 1. The number of aromatic amines is 6. The van der Waals surface area contributed by atoms with Crippen LogP contribution in [0.15, 0.2) is 195 Å². The molecule has 6 N–H and O–H groups in total. The van der Waals surface area contributed by atoms with Crippen molar-refractivity contribution in [3.63, 3.8) is 0 Å². The highest BCUT2D eigenvalue weighted by Crippen LogP contribution is 2.34. The number of fused-ring (bicyclic) bond motifs is 4. The van der Waals surface area contributed by atoms with E-state index in [4.69, 9.17) is 0 Å². The number of piperidine rings is 1. The minimum Gasteiger partial charge on any atom is -0.296 e. The van der Waals surface area contributed by atoms with Crippen LogP contribution in [0.5, 0.6) is 0 Å².